The molecule has 0 saturated heterocycles. The molecular weight excluding hydrogens is 192 g/mol. The van der Waals surface area contributed by atoms with Crippen molar-refractivity contribution >= 4 is 5.82 Å². The predicted octanol–water partition coefficient (Wildman–Crippen LogP) is 0.944. The summed E-state index contributed by atoms with van der Waals surface area (Å²) in [4.78, 5) is 8.21. The molecule has 0 atom stereocenters. The Morgan fingerprint density at radius 2 is 2.27 bits per heavy atom. The number of hydrogen-bond acceptors (Lipinski definition) is 5. The van der Waals surface area contributed by atoms with Crippen molar-refractivity contribution in [1.29, 1.82) is 0 Å². The van der Waals surface area contributed by atoms with Gasteiger partial charge in [0.15, 0.2) is 0 Å². The minimum Gasteiger partial charge on any atom is -0.478 e. The van der Waals surface area contributed by atoms with Crippen LogP contribution in [0.25, 0.3) is 0 Å². The average molecular weight is 210 g/mol. The van der Waals surface area contributed by atoms with Crippen LogP contribution in [-0.4, -0.2) is 29.7 Å². The minimum absolute atomic E-state index is 0.611. The van der Waals surface area contributed by atoms with Gasteiger partial charge in [0.25, 0.3) is 0 Å². The largest absolute Gasteiger partial charge is 0.478 e. The highest BCUT2D eigenvalue weighted by Crippen LogP contribution is 2.19. The van der Waals surface area contributed by atoms with E-state index in [-0.39, 0.29) is 0 Å². The maximum atomic E-state index is 5.41. The number of nitrogens with two attached hydrogens (primary N) is 1. The third-order valence-electron chi connectivity index (χ3n) is 1.99. The topological polar surface area (TPSA) is 73.1 Å². The van der Waals surface area contributed by atoms with Crippen molar-refractivity contribution in [3.8, 4) is 5.88 Å². The highest BCUT2D eigenvalue weighted by molar-refractivity contribution is 5.47. The molecule has 0 radical (unpaired) electrons. The Kier molecular flexibility index (Phi) is 4.83. The summed E-state index contributed by atoms with van der Waals surface area (Å²) in [6.07, 6.45) is 2.43. The summed E-state index contributed by atoms with van der Waals surface area (Å²) in [7, 11) is 0. The molecular formula is C10H18N4O. The van der Waals surface area contributed by atoms with E-state index in [2.05, 4.69) is 15.3 Å². The number of nitrogens with zero attached hydrogens (tertiary/aromatic N) is 2. The number of anilines is 1. The van der Waals surface area contributed by atoms with Crippen molar-refractivity contribution in [2.75, 3.05) is 25.0 Å². The van der Waals surface area contributed by atoms with Crippen molar-refractivity contribution in [2.45, 2.75) is 20.3 Å². The molecule has 1 aromatic heterocycles. The van der Waals surface area contributed by atoms with Crippen molar-refractivity contribution in [2.24, 2.45) is 5.73 Å². The third-order valence-corrected chi connectivity index (χ3v) is 1.99. The van der Waals surface area contributed by atoms with E-state index >= 15 is 0 Å². The summed E-state index contributed by atoms with van der Waals surface area (Å²) in [6.45, 7) is 5.98. The first-order valence-electron chi connectivity index (χ1n) is 5.18. The van der Waals surface area contributed by atoms with Gasteiger partial charge in [0.1, 0.15) is 12.1 Å². The van der Waals surface area contributed by atoms with Crippen LogP contribution in [0.2, 0.25) is 0 Å². The molecule has 1 rings (SSSR count). The van der Waals surface area contributed by atoms with E-state index in [4.69, 9.17) is 10.5 Å². The van der Waals surface area contributed by atoms with E-state index in [1.165, 1.54) is 6.33 Å². The second-order valence-electron chi connectivity index (χ2n) is 3.15. The van der Waals surface area contributed by atoms with Gasteiger partial charge in [0.2, 0.25) is 5.88 Å². The van der Waals surface area contributed by atoms with Crippen LogP contribution in [0.5, 0.6) is 5.88 Å². The lowest BCUT2D eigenvalue weighted by molar-refractivity contribution is 0.324. The Labute approximate surface area is 90.1 Å². The van der Waals surface area contributed by atoms with Crippen LogP contribution in [0.3, 0.4) is 0 Å². The lowest BCUT2D eigenvalue weighted by atomic mass is 10.3. The van der Waals surface area contributed by atoms with E-state index in [0.29, 0.717) is 19.0 Å². The summed E-state index contributed by atoms with van der Waals surface area (Å²) in [5, 5.41) is 3.20. The first-order chi connectivity index (χ1) is 7.29. The van der Waals surface area contributed by atoms with Gasteiger partial charge >= 0.3 is 0 Å². The smallest absolute Gasteiger partial charge is 0.221 e. The Morgan fingerprint density at radius 1 is 1.47 bits per heavy atom. The molecule has 0 aromatic carbocycles. The molecule has 0 bridgehead atoms. The second kappa shape index (κ2) is 6.19. The SMILES string of the molecule is CCOc1ncnc(NCCCN)c1C. The Hall–Kier alpha value is -1.36. The molecule has 0 unspecified atom stereocenters. The van der Waals surface area contributed by atoms with Gasteiger partial charge in [-0.25, -0.2) is 9.97 Å². The van der Waals surface area contributed by atoms with Crippen LogP contribution >= 0.6 is 0 Å². The predicted molar refractivity (Wildman–Crippen MR) is 60.1 cm³/mol. The van der Waals surface area contributed by atoms with E-state index in [9.17, 15) is 0 Å². The summed E-state index contributed by atoms with van der Waals surface area (Å²) in [5.41, 5.74) is 6.35. The number of nitrogens with one attached hydrogen (secondary N) is 1. The summed E-state index contributed by atoms with van der Waals surface area (Å²) >= 11 is 0. The molecule has 0 aliphatic heterocycles. The highest BCUT2D eigenvalue weighted by Gasteiger charge is 2.06. The lowest BCUT2D eigenvalue weighted by Gasteiger charge is -2.10. The van der Waals surface area contributed by atoms with E-state index in [0.717, 1.165) is 24.3 Å². The van der Waals surface area contributed by atoms with Crippen molar-refractivity contribution < 1.29 is 4.74 Å². The van der Waals surface area contributed by atoms with Crippen molar-refractivity contribution in [1.82, 2.24) is 9.97 Å². The molecule has 84 valence electrons. The van der Waals surface area contributed by atoms with Gasteiger partial charge < -0.3 is 15.8 Å². The first kappa shape index (κ1) is 11.7. The minimum atomic E-state index is 0.611. The molecule has 5 heteroatoms. The molecule has 1 heterocycles. The maximum absolute atomic E-state index is 5.41. The van der Waals surface area contributed by atoms with E-state index in [1.54, 1.807) is 0 Å². The molecule has 3 N–H and O–H groups in total. The second-order valence-corrected chi connectivity index (χ2v) is 3.15. The molecule has 0 aliphatic rings. The Bertz CT molecular complexity index is 303. The van der Waals surface area contributed by atoms with Gasteiger partial charge in [-0.15, -0.1) is 0 Å². The first-order valence-corrected chi connectivity index (χ1v) is 5.18. The van der Waals surface area contributed by atoms with Crippen LogP contribution in [0.4, 0.5) is 5.82 Å². The quantitative estimate of drug-likeness (QED) is 0.684. The van der Waals surface area contributed by atoms with Crippen LogP contribution in [-0.2, 0) is 0 Å². The Balaban J connectivity index is 2.66. The van der Waals surface area contributed by atoms with Crippen LogP contribution in [0.1, 0.15) is 18.9 Å². The summed E-state index contributed by atoms with van der Waals surface area (Å²) in [5.74, 6) is 1.46. The highest BCUT2D eigenvalue weighted by atomic mass is 16.5. The van der Waals surface area contributed by atoms with Gasteiger partial charge in [-0.1, -0.05) is 0 Å². The summed E-state index contributed by atoms with van der Waals surface area (Å²) < 4.78 is 5.37. The summed E-state index contributed by atoms with van der Waals surface area (Å²) in [6, 6.07) is 0. The van der Waals surface area contributed by atoms with Gasteiger partial charge in [-0.3, -0.25) is 0 Å². The fraction of sp³-hybridized carbons (Fsp3) is 0.600. The normalized spacial score (nSPS) is 10.1. The number of ether oxygens (including phenoxy) is 1. The lowest BCUT2D eigenvalue weighted by Crippen LogP contribution is -2.11. The fourth-order valence-electron chi connectivity index (χ4n) is 1.20. The number of hydrogen-bond donors (Lipinski definition) is 2. The molecule has 0 spiro atoms. The molecule has 0 aliphatic carbocycles. The van der Waals surface area contributed by atoms with E-state index in [1.807, 2.05) is 13.8 Å². The zero-order valence-corrected chi connectivity index (χ0v) is 9.29. The molecule has 0 saturated carbocycles. The maximum Gasteiger partial charge on any atom is 0.221 e. The number of rotatable bonds is 6. The third kappa shape index (κ3) is 3.36. The average Bonchev–Trinajstić information content (AvgIpc) is 2.24. The van der Waals surface area contributed by atoms with Crippen molar-refractivity contribution in [3.63, 3.8) is 0 Å². The Morgan fingerprint density at radius 3 is 2.93 bits per heavy atom. The van der Waals surface area contributed by atoms with Gasteiger partial charge in [0.05, 0.1) is 12.2 Å². The number of aromatic nitrogens is 2. The van der Waals surface area contributed by atoms with Crippen LogP contribution in [0.15, 0.2) is 6.33 Å². The zero-order chi connectivity index (χ0) is 11.1. The molecule has 5 nitrogen and oxygen atoms in total. The molecule has 0 amide bonds. The zero-order valence-electron chi connectivity index (χ0n) is 9.29. The molecule has 1 aromatic rings. The molecule has 15 heavy (non-hydrogen) atoms. The monoisotopic (exact) mass is 210 g/mol. The fourth-order valence-corrected chi connectivity index (χ4v) is 1.20. The van der Waals surface area contributed by atoms with Gasteiger partial charge in [-0.2, -0.15) is 0 Å². The van der Waals surface area contributed by atoms with Gasteiger partial charge in [-0.05, 0) is 26.8 Å². The molecule has 0 fully saturated rings. The van der Waals surface area contributed by atoms with Crippen molar-refractivity contribution in [3.05, 3.63) is 11.9 Å². The van der Waals surface area contributed by atoms with Gasteiger partial charge in [0, 0.05) is 6.54 Å². The standard InChI is InChI=1S/C10H18N4O/c1-3-15-10-8(2)9(13-7-14-10)12-6-4-5-11/h7H,3-6,11H2,1-2H3,(H,12,13,14). The van der Waals surface area contributed by atoms with Crippen LogP contribution in [0, 0.1) is 6.92 Å². The van der Waals surface area contributed by atoms with Crippen LogP contribution < -0.4 is 15.8 Å². The van der Waals surface area contributed by atoms with E-state index < -0.39 is 0 Å².